The summed E-state index contributed by atoms with van der Waals surface area (Å²) in [6.07, 6.45) is 2.94. The van der Waals surface area contributed by atoms with Crippen LogP contribution in [0.5, 0.6) is 0 Å². The Bertz CT molecular complexity index is 319. The van der Waals surface area contributed by atoms with Gasteiger partial charge in [-0.15, -0.1) is 0 Å². The van der Waals surface area contributed by atoms with Crippen molar-refractivity contribution in [2.45, 2.75) is 42.6 Å². The van der Waals surface area contributed by atoms with Crippen molar-refractivity contribution < 1.29 is 18.3 Å². The van der Waals surface area contributed by atoms with E-state index in [9.17, 15) is 13.2 Å². The van der Waals surface area contributed by atoms with E-state index in [1.807, 2.05) is 0 Å². The first-order chi connectivity index (χ1) is 7.00. The van der Waals surface area contributed by atoms with Gasteiger partial charge in [0.2, 0.25) is 0 Å². The Labute approximate surface area is 89.6 Å². The van der Waals surface area contributed by atoms with Gasteiger partial charge in [0, 0.05) is 0 Å². The molecule has 0 aromatic carbocycles. The largest absolute Gasteiger partial charge is 0.480 e. The zero-order chi connectivity index (χ0) is 11.5. The van der Waals surface area contributed by atoms with Gasteiger partial charge in [-0.2, -0.15) is 0 Å². The van der Waals surface area contributed by atoms with Crippen LogP contribution in [0.4, 0.5) is 0 Å². The molecule has 0 radical (unpaired) electrons. The maximum Gasteiger partial charge on any atom is 0.321 e. The van der Waals surface area contributed by atoms with E-state index in [1.165, 1.54) is 0 Å². The van der Waals surface area contributed by atoms with Crippen molar-refractivity contribution in [2.75, 3.05) is 6.54 Å². The molecule has 1 aliphatic carbocycles. The standard InChI is InChI=1S/C9H17NO4S/c10-6-5-8(9(11)12)15(13,14)7-3-1-2-4-7/h7-8H,1-6,10H2,(H,11,12). The lowest BCUT2D eigenvalue weighted by Crippen LogP contribution is -2.38. The van der Waals surface area contributed by atoms with Gasteiger partial charge in [0.15, 0.2) is 15.1 Å². The molecule has 0 aromatic heterocycles. The molecule has 0 aliphatic heterocycles. The van der Waals surface area contributed by atoms with Crippen LogP contribution in [0.3, 0.4) is 0 Å². The Balaban J connectivity index is 2.84. The van der Waals surface area contributed by atoms with Crippen LogP contribution in [0.2, 0.25) is 0 Å². The smallest absolute Gasteiger partial charge is 0.321 e. The van der Waals surface area contributed by atoms with Crippen LogP contribution in [-0.4, -0.2) is 36.5 Å². The van der Waals surface area contributed by atoms with Crippen LogP contribution in [0.1, 0.15) is 32.1 Å². The first kappa shape index (κ1) is 12.4. The Morgan fingerprint density at radius 2 is 1.93 bits per heavy atom. The van der Waals surface area contributed by atoms with Gasteiger partial charge in [-0.25, -0.2) is 8.42 Å². The van der Waals surface area contributed by atoms with Crippen molar-refractivity contribution in [2.24, 2.45) is 5.73 Å². The van der Waals surface area contributed by atoms with Gasteiger partial charge in [0.25, 0.3) is 0 Å². The molecule has 1 unspecified atom stereocenters. The van der Waals surface area contributed by atoms with Gasteiger partial charge in [0.05, 0.1) is 5.25 Å². The number of carbonyl (C=O) groups is 1. The van der Waals surface area contributed by atoms with Crippen molar-refractivity contribution in [1.29, 1.82) is 0 Å². The summed E-state index contributed by atoms with van der Waals surface area (Å²) in [4.78, 5) is 10.9. The van der Waals surface area contributed by atoms with E-state index in [0.29, 0.717) is 12.8 Å². The highest BCUT2D eigenvalue weighted by Crippen LogP contribution is 2.28. The van der Waals surface area contributed by atoms with Crippen LogP contribution >= 0.6 is 0 Å². The summed E-state index contributed by atoms with van der Waals surface area (Å²) >= 11 is 0. The molecule has 1 aliphatic rings. The van der Waals surface area contributed by atoms with Crippen molar-refractivity contribution in [1.82, 2.24) is 0 Å². The second kappa shape index (κ2) is 4.94. The normalized spacial score (nSPS) is 20.3. The Kier molecular flexibility index (Phi) is 4.10. The summed E-state index contributed by atoms with van der Waals surface area (Å²) in [7, 11) is -3.54. The molecule has 1 rings (SSSR count). The molecule has 0 saturated heterocycles. The van der Waals surface area contributed by atoms with Crippen LogP contribution in [0, 0.1) is 0 Å². The second-order valence-corrected chi connectivity index (χ2v) is 6.31. The average molecular weight is 235 g/mol. The Morgan fingerprint density at radius 3 is 2.33 bits per heavy atom. The highest BCUT2D eigenvalue weighted by Gasteiger charge is 2.39. The third kappa shape index (κ3) is 2.69. The highest BCUT2D eigenvalue weighted by molar-refractivity contribution is 7.93. The molecule has 15 heavy (non-hydrogen) atoms. The zero-order valence-corrected chi connectivity index (χ0v) is 9.37. The van der Waals surface area contributed by atoms with Crippen molar-refractivity contribution in [3.63, 3.8) is 0 Å². The Morgan fingerprint density at radius 1 is 1.40 bits per heavy atom. The van der Waals surface area contributed by atoms with Crippen molar-refractivity contribution in [3.8, 4) is 0 Å². The van der Waals surface area contributed by atoms with E-state index >= 15 is 0 Å². The molecular formula is C9H17NO4S. The average Bonchev–Trinajstić information content (AvgIpc) is 2.66. The zero-order valence-electron chi connectivity index (χ0n) is 8.55. The predicted octanol–water partition coefficient (Wildman–Crippen LogP) is 0.146. The van der Waals surface area contributed by atoms with E-state index in [1.54, 1.807) is 0 Å². The maximum absolute atomic E-state index is 11.9. The minimum absolute atomic E-state index is 0.00810. The molecule has 0 aromatic rings. The first-order valence-corrected chi connectivity index (χ1v) is 6.76. The number of carboxylic acids is 1. The molecule has 1 saturated carbocycles. The lowest BCUT2D eigenvalue weighted by Gasteiger charge is -2.17. The fraction of sp³-hybridized carbons (Fsp3) is 0.889. The van der Waals surface area contributed by atoms with Gasteiger partial charge in [-0.3, -0.25) is 4.79 Å². The fourth-order valence-electron chi connectivity index (χ4n) is 2.03. The van der Waals surface area contributed by atoms with E-state index in [4.69, 9.17) is 10.8 Å². The molecule has 1 fully saturated rings. The SMILES string of the molecule is NCCC(C(=O)O)S(=O)(=O)C1CCCC1. The lowest BCUT2D eigenvalue weighted by atomic mass is 10.3. The molecular weight excluding hydrogens is 218 g/mol. The molecule has 6 heteroatoms. The number of hydrogen-bond donors (Lipinski definition) is 2. The number of hydrogen-bond acceptors (Lipinski definition) is 4. The number of rotatable bonds is 5. The highest BCUT2D eigenvalue weighted by atomic mass is 32.2. The number of aliphatic carboxylic acids is 1. The van der Waals surface area contributed by atoms with Crippen LogP contribution in [-0.2, 0) is 14.6 Å². The van der Waals surface area contributed by atoms with Crippen LogP contribution in [0.25, 0.3) is 0 Å². The summed E-state index contributed by atoms with van der Waals surface area (Å²) < 4.78 is 23.9. The van der Waals surface area contributed by atoms with E-state index in [2.05, 4.69) is 0 Å². The van der Waals surface area contributed by atoms with Gasteiger partial charge in [-0.05, 0) is 25.8 Å². The van der Waals surface area contributed by atoms with Crippen molar-refractivity contribution in [3.05, 3.63) is 0 Å². The fourth-order valence-corrected chi connectivity index (χ4v) is 4.23. The summed E-state index contributed by atoms with van der Waals surface area (Å²) in [5, 5.41) is 7.08. The topological polar surface area (TPSA) is 97.5 Å². The molecule has 5 nitrogen and oxygen atoms in total. The monoisotopic (exact) mass is 235 g/mol. The lowest BCUT2D eigenvalue weighted by molar-refractivity contribution is -0.136. The minimum atomic E-state index is -3.54. The third-order valence-corrected chi connectivity index (χ3v) is 5.50. The predicted molar refractivity (Wildman–Crippen MR) is 56.3 cm³/mol. The first-order valence-electron chi connectivity index (χ1n) is 5.15. The third-order valence-electron chi connectivity index (χ3n) is 2.87. The number of carboxylic acid groups (broad SMARTS) is 1. The molecule has 3 N–H and O–H groups in total. The summed E-state index contributed by atoms with van der Waals surface area (Å²) in [6, 6.07) is 0. The molecule has 0 spiro atoms. The van der Waals surface area contributed by atoms with E-state index in [0.717, 1.165) is 12.8 Å². The minimum Gasteiger partial charge on any atom is -0.480 e. The van der Waals surface area contributed by atoms with Gasteiger partial charge < -0.3 is 10.8 Å². The summed E-state index contributed by atoms with van der Waals surface area (Å²) in [5.41, 5.74) is 5.23. The quantitative estimate of drug-likeness (QED) is 0.706. The van der Waals surface area contributed by atoms with E-state index in [-0.39, 0.29) is 13.0 Å². The number of nitrogens with two attached hydrogens (primary N) is 1. The molecule has 1 atom stereocenters. The Hall–Kier alpha value is -0.620. The number of sulfone groups is 1. The van der Waals surface area contributed by atoms with Crippen molar-refractivity contribution >= 4 is 15.8 Å². The summed E-state index contributed by atoms with van der Waals surface area (Å²) in [6.45, 7) is 0.0862. The second-order valence-electron chi connectivity index (χ2n) is 3.90. The molecule has 0 amide bonds. The van der Waals surface area contributed by atoms with Gasteiger partial charge in [-0.1, -0.05) is 12.8 Å². The molecule has 0 bridgehead atoms. The van der Waals surface area contributed by atoms with Gasteiger partial charge in [0.1, 0.15) is 0 Å². The maximum atomic E-state index is 11.9. The van der Waals surface area contributed by atoms with Crippen LogP contribution in [0.15, 0.2) is 0 Å². The van der Waals surface area contributed by atoms with Crippen LogP contribution < -0.4 is 5.73 Å². The summed E-state index contributed by atoms with van der Waals surface area (Å²) in [5.74, 6) is -1.27. The van der Waals surface area contributed by atoms with E-state index < -0.39 is 26.3 Å². The van der Waals surface area contributed by atoms with Gasteiger partial charge >= 0.3 is 5.97 Å². The molecule has 88 valence electrons. The molecule has 0 heterocycles.